The van der Waals surface area contributed by atoms with E-state index in [4.69, 9.17) is 0 Å². The molecule has 1 aliphatic heterocycles. The van der Waals surface area contributed by atoms with E-state index in [9.17, 15) is 4.79 Å². The number of hydrogen-bond donors (Lipinski definition) is 1. The smallest absolute Gasteiger partial charge is 0.318 e. The first-order valence-corrected chi connectivity index (χ1v) is 6.85. The predicted octanol–water partition coefficient (Wildman–Crippen LogP) is 2.76. The number of urea groups is 1. The Morgan fingerprint density at radius 3 is 2.94 bits per heavy atom. The lowest BCUT2D eigenvalue weighted by atomic mass is 10.0. The van der Waals surface area contributed by atoms with Gasteiger partial charge < -0.3 is 14.8 Å². The van der Waals surface area contributed by atoms with Gasteiger partial charge in [-0.1, -0.05) is 13.3 Å². The van der Waals surface area contributed by atoms with Gasteiger partial charge in [-0.15, -0.1) is 0 Å². The van der Waals surface area contributed by atoms with Crippen LogP contribution in [0, 0.1) is 0 Å². The Kier molecular flexibility index (Phi) is 3.94. The van der Waals surface area contributed by atoms with Crippen molar-refractivity contribution in [2.45, 2.75) is 52.2 Å². The molecule has 1 aliphatic rings. The number of nitrogens with zero attached hydrogens (tertiary/aromatic N) is 2. The SMILES string of the molecule is CCC[C@H]1c2cccn2CCN1C(=O)NC(C)C. The molecule has 0 unspecified atom stereocenters. The van der Waals surface area contributed by atoms with Crippen LogP contribution in [0.15, 0.2) is 18.3 Å². The summed E-state index contributed by atoms with van der Waals surface area (Å²) in [4.78, 5) is 14.2. The van der Waals surface area contributed by atoms with Gasteiger partial charge in [0, 0.05) is 31.0 Å². The molecule has 0 spiro atoms. The molecule has 4 nitrogen and oxygen atoms in total. The van der Waals surface area contributed by atoms with Crippen molar-refractivity contribution in [3.05, 3.63) is 24.0 Å². The molecule has 18 heavy (non-hydrogen) atoms. The van der Waals surface area contributed by atoms with Gasteiger partial charge in [0.25, 0.3) is 0 Å². The molecule has 1 N–H and O–H groups in total. The van der Waals surface area contributed by atoms with Crippen LogP contribution in [-0.2, 0) is 6.54 Å². The molecule has 4 heteroatoms. The van der Waals surface area contributed by atoms with E-state index in [1.165, 1.54) is 5.69 Å². The Balaban J connectivity index is 2.18. The van der Waals surface area contributed by atoms with E-state index in [1.54, 1.807) is 0 Å². The monoisotopic (exact) mass is 249 g/mol. The maximum absolute atomic E-state index is 12.2. The van der Waals surface area contributed by atoms with Gasteiger partial charge in [0.1, 0.15) is 0 Å². The van der Waals surface area contributed by atoms with Gasteiger partial charge >= 0.3 is 6.03 Å². The summed E-state index contributed by atoms with van der Waals surface area (Å²) in [5.74, 6) is 0. The quantitative estimate of drug-likeness (QED) is 0.878. The molecule has 0 radical (unpaired) electrons. The third-order valence-corrected chi connectivity index (χ3v) is 3.40. The Hall–Kier alpha value is -1.45. The fourth-order valence-corrected chi connectivity index (χ4v) is 2.61. The van der Waals surface area contributed by atoms with Gasteiger partial charge in [-0.25, -0.2) is 4.79 Å². The van der Waals surface area contributed by atoms with Crippen LogP contribution in [0.2, 0.25) is 0 Å². The first-order chi connectivity index (χ1) is 8.63. The third kappa shape index (κ3) is 2.52. The molecular formula is C14H23N3O. The van der Waals surface area contributed by atoms with Crippen LogP contribution in [-0.4, -0.2) is 28.1 Å². The molecule has 0 saturated carbocycles. The molecule has 0 aromatic carbocycles. The van der Waals surface area contributed by atoms with Crippen LogP contribution < -0.4 is 5.32 Å². The minimum Gasteiger partial charge on any atom is -0.348 e. The van der Waals surface area contributed by atoms with E-state index in [0.29, 0.717) is 0 Å². The van der Waals surface area contributed by atoms with Crippen LogP contribution in [0.5, 0.6) is 0 Å². The molecule has 100 valence electrons. The number of carbonyl (C=O) groups excluding carboxylic acids is 1. The lowest BCUT2D eigenvalue weighted by Gasteiger charge is -2.37. The molecule has 2 rings (SSSR count). The summed E-state index contributed by atoms with van der Waals surface area (Å²) in [6.07, 6.45) is 4.21. The molecule has 1 aromatic heterocycles. The van der Waals surface area contributed by atoms with Gasteiger partial charge in [0.05, 0.1) is 6.04 Å². The molecule has 0 saturated heterocycles. The Morgan fingerprint density at radius 2 is 2.28 bits per heavy atom. The predicted molar refractivity (Wildman–Crippen MR) is 72.5 cm³/mol. The molecular weight excluding hydrogens is 226 g/mol. The molecule has 0 aliphatic carbocycles. The number of fused-ring (bicyclic) bond motifs is 1. The Bertz CT molecular complexity index is 411. The molecule has 2 amide bonds. The Labute approximate surface area is 109 Å². The maximum atomic E-state index is 12.2. The summed E-state index contributed by atoms with van der Waals surface area (Å²) in [6.45, 7) is 7.86. The minimum absolute atomic E-state index is 0.0656. The van der Waals surface area contributed by atoms with Crippen molar-refractivity contribution in [3.8, 4) is 0 Å². The van der Waals surface area contributed by atoms with Crippen LogP contribution >= 0.6 is 0 Å². The molecule has 0 bridgehead atoms. The normalized spacial score (nSPS) is 18.9. The van der Waals surface area contributed by atoms with Crippen LogP contribution in [0.3, 0.4) is 0 Å². The zero-order valence-electron chi connectivity index (χ0n) is 11.5. The van der Waals surface area contributed by atoms with Gasteiger partial charge in [-0.3, -0.25) is 0 Å². The van der Waals surface area contributed by atoms with Gasteiger partial charge in [-0.05, 0) is 32.4 Å². The van der Waals surface area contributed by atoms with Crippen molar-refractivity contribution < 1.29 is 4.79 Å². The van der Waals surface area contributed by atoms with E-state index < -0.39 is 0 Å². The number of nitrogens with one attached hydrogen (secondary N) is 1. The molecule has 1 atom stereocenters. The molecule has 0 fully saturated rings. The highest BCUT2D eigenvalue weighted by Gasteiger charge is 2.30. The second kappa shape index (κ2) is 5.46. The molecule has 2 heterocycles. The highest BCUT2D eigenvalue weighted by atomic mass is 16.2. The van der Waals surface area contributed by atoms with Crippen LogP contribution in [0.1, 0.15) is 45.3 Å². The number of amides is 2. The average molecular weight is 249 g/mol. The Morgan fingerprint density at radius 1 is 1.50 bits per heavy atom. The van der Waals surface area contributed by atoms with Crippen molar-refractivity contribution >= 4 is 6.03 Å². The minimum atomic E-state index is 0.0656. The summed E-state index contributed by atoms with van der Waals surface area (Å²) >= 11 is 0. The van der Waals surface area contributed by atoms with Gasteiger partial charge in [-0.2, -0.15) is 0 Å². The number of carbonyl (C=O) groups is 1. The van der Waals surface area contributed by atoms with E-state index in [2.05, 4.69) is 35.1 Å². The van der Waals surface area contributed by atoms with Crippen LogP contribution in [0.4, 0.5) is 4.79 Å². The lowest BCUT2D eigenvalue weighted by Crippen LogP contribution is -2.48. The zero-order chi connectivity index (χ0) is 13.1. The topological polar surface area (TPSA) is 37.3 Å². The van der Waals surface area contributed by atoms with E-state index >= 15 is 0 Å². The van der Waals surface area contributed by atoms with Crippen molar-refractivity contribution in [1.82, 2.24) is 14.8 Å². The van der Waals surface area contributed by atoms with Gasteiger partial charge in [0.15, 0.2) is 0 Å². The van der Waals surface area contributed by atoms with Gasteiger partial charge in [0.2, 0.25) is 0 Å². The van der Waals surface area contributed by atoms with E-state index in [0.717, 1.165) is 25.9 Å². The van der Waals surface area contributed by atoms with Crippen molar-refractivity contribution in [2.75, 3.05) is 6.54 Å². The fourth-order valence-electron chi connectivity index (χ4n) is 2.61. The van der Waals surface area contributed by atoms with Crippen molar-refractivity contribution in [2.24, 2.45) is 0 Å². The average Bonchev–Trinajstić information content (AvgIpc) is 2.77. The maximum Gasteiger partial charge on any atom is 0.318 e. The highest BCUT2D eigenvalue weighted by Crippen LogP contribution is 2.29. The summed E-state index contributed by atoms with van der Waals surface area (Å²) in [5.41, 5.74) is 1.27. The second-order valence-corrected chi connectivity index (χ2v) is 5.23. The first kappa shape index (κ1) is 13.0. The lowest BCUT2D eigenvalue weighted by molar-refractivity contribution is 0.149. The zero-order valence-corrected chi connectivity index (χ0v) is 11.5. The van der Waals surface area contributed by atoms with Crippen molar-refractivity contribution in [1.29, 1.82) is 0 Å². The summed E-state index contributed by atoms with van der Waals surface area (Å²) in [5, 5.41) is 3.00. The van der Waals surface area contributed by atoms with E-state index in [-0.39, 0.29) is 18.1 Å². The number of hydrogen-bond acceptors (Lipinski definition) is 1. The third-order valence-electron chi connectivity index (χ3n) is 3.40. The van der Waals surface area contributed by atoms with Crippen LogP contribution in [0.25, 0.3) is 0 Å². The summed E-state index contributed by atoms with van der Waals surface area (Å²) in [7, 11) is 0. The standard InChI is InChI=1S/C14H23N3O/c1-4-6-13-12-7-5-8-16(12)9-10-17(13)14(18)15-11(2)3/h5,7-8,11,13H,4,6,9-10H2,1-3H3,(H,15,18)/t13-/m0/s1. The summed E-state index contributed by atoms with van der Waals surface area (Å²) in [6, 6.07) is 4.68. The number of aromatic nitrogens is 1. The highest BCUT2D eigenvalue weighted by molar-refractivity contribution is 5.75. The largest absolute Gasteiger partial charge is 0.348 e. The number of rotatable bonds is 3. The second-order valence-electron chi connectivity index (χ2n) is 5.23. The van der Waals surface area contributed by atoms with E-state index in [1.807, 2.05) is 18.7 Å². The molecule has 1 aromatic rings. The fraction of sp³-hybridized carbons (Fsp3) is 0.643. The van der Waals surface area contributed by atoms with Crippen molar-refractivity contribution in [3.63, 3.8) is 0 Å². The summed E-state index contributed by atoms with van der Waals surface area (Å²) < 4.78 is 2.26. The first-order valence-electron chi connectivity index (χ1n) is 6.85.